The van der Waals surface area contributed by atoms with Crippen molar-refractivity contribution in [2.45, 2.75) is 40.5 Å². The van der Waals surface area contributed by atoms with Gasteiger partial charge in [0.05, 0.1) is 16.6 Å². The van der Waals surface area contributed by atoms with E-state index in [-0.39, 0.29) is 0 Å². The molecular weight excluding hydrogens is 352 g/mol. The standard InChI is InChI=1S/C27H29N2/c1-17(2)21-10-11-26(28-16-21)23-8-7-9-24-22(23)12-13-29(6)27(24)25-15-18(3)14-19(4)20(25)5/h7-17H,1-6H3/q+1. The second kappa shape index (κ2) is 7.44. The van der Waals surface area contributed by atoms with Crippen LogP contribution in [-0.4, -0.2) is 4.98 Å². The highest BCUT2D eigenvalue weighted by atomic mass is 14.9. The van der Waals surface area contributed by atoms with Crippen molar-refractivity contribution in [3.8, 4) is 22.5 Å². The zero-order chi connectivity index (χ0) is 20.7. The number of aryl methyl sites for hydroxylation is 3. The summed E-state index contributed by atoms with van der Waals surface area (Å²) in [5, 5.41) is 2.50. The van der Waals surface area contributed by atoms with Crippen molar-refractivity contribution in [3.05, 3.63) is 83.2 Å². The Labute approximate surface area is 173 Å². The first-order valence-corrected chi connectivity index (χ1v) is 10.3. The van der Waals surface area contributed by atoms with E-state index in [1.54, 1.807) is 0 Å². The molecular formula is C27H29N2+. The Bertz CT molecular complexity index is 1200. The molecule has 0 N–H and O–H groups in total. The van der Waals surface area contributed by atoms with Gasteiger partial charge >= 0.3 is 0 Å². The summed E-state index contributed by atoms with van der Waals surface area (Å²) in [5.41, 5.74) is 10.00. The molecule has 0 aliphatic carbocycles. The molecule has 2 heteroatoms. The van der Waals surface area contributed by atoms with Gasteiger partial charge < -0.3 is 0 Å². The van der Waals surface area contributed by atoms with Gasteiger partial charge in [-0.1, -0.05) is 43.7 Å². The van der Waals surface area contributed by atoms with Crippen molar-refractivity contribution in [2.75, 3.05) is 0 Å². The zero-order valence-corrected chi connectivity index (χ0v) is 18.2. The number of aromatic nitrogens is 2. The maximum atomic E-state index is 4.78. The molecule has 0 bridgehead atoms. The Morgan fingerprint density at radius 3 is 2.34 bits per heavy atom. The molecule has 0 amide bonds. The lowest BCUT2D eigenvalue weighted by Crippen LogP contribution is -2.31. The summed E-state index contributed by atoms with van der Waals surface area (Å²) in [6.45, 7) is 11.0. The van der Waals surface area contributed by atoms with Crippen LogP contribution >= 0.6 is 0 Å². The van der Waals surface area contributed by atoms with E-state index in [4.69, 9.17) is 4.98 Å². The number of hydrogen-bond acceptors (Lipinski definition) is 1. The molecule has 0 fully saturated rings. The fraction of sp³-hybridized carbons (Fsp3) is 0.259. The lowest BCUT2D eigenvalue weighted by molar-refractivity contribution is -0.659. The zero-order valence-electron chi connectivity index (χ0n) is 18.2. The fourth-order valence-corrected chi connectivity index (χ4v) is 4.15. The van der Waals surface area contributed by atoms with Gasteiger partial charge in [-0.2, -0.15) is 0 Å². The molecule has 4 aromatic rings. The van der Waals surface area contributed by atoms with Gasteiger partial charge in [0, 0.05) is 23.2 Å². The van der Waals surface area contributed by atoms with Gasteiger partial charge in [-0.05, 0) is 61.6 Å². The molecule has 2 nitrogen and oxygen atoms in total. The molecule has 0 unspecified atom stereocenters. The molecule has 0 saturated heterocycles. The monoisotopic (exact) mass is 381 g/mol. The van der Waals surface area contributed by atoms with Crippen LogP contribution in [0.25, 0.3) is 33.3 Å². The van der Waals surface area contributed by atoms with Crippen LogP contribution in [-0.2, 0) is 7.05 Å². The predicted octanol–water partition coefficient (Wildman–Crippen LogP) is 6.44. The van der Waals surface area contributed by atoms with Gasteiger partial charge in [-0.15, -0.1) is 0 Å². The van der Waals surface area contributed by atoms with Crippen LogP contribution in [0.2, 0.25) is 0 Å². The summed E-state index contributed by atoms with van der Waals surface area (Å²) in [5.74, 6) is 0.488. The van der Waals surface area contributed by atoms with Gasteiger partial charge in [-0.3, -0.25) is 4.98 Å². The Morgan fingerprint density at radius 2 is 1.66 bits per heavy atom. The third-order valence-corrected chi connectivity index (χ3v) is 5.97. The predicted molar refractivity (Wildman–Crippen MR) is 122 cm³/mol. The van der Waals surface area contributed by atoms with Crippen LogP contribution in [0, 0.1) is 20.8 Å². The van der Waals surface area contributed by atoms with E-state index in [0.717, 1.165) is 5.69 Å². The fourth-order valence-electron chi connectivity index (χ4n) is 4.15. The Hall–Kier alpha value is -3.00. The number of rotatable bonds is 3. The Balaban J connectivity index is 1.98. The highest BCUT2D eigenvalue weighted by molar-refractivity contribution is 6.01. The second-order valence-electron chi connectivity index (χ2n) is 8.43. The first kappa shape index (κ1) is 19.3. The summed E-state index contributed by atoms with van der Waals surface area (Å²) in [4.78, 5) is 4.78. The van der Waals surface area contributed by atoms with E-state index in [1.807, 2.05) is 6.20 Å². The minimum Gasteiger partial charge on any atom is -0.256 e. The Morgan fingerprint density at radius 1 is 0.862 bits per heavy atom. The molecule has 2 aromatic heterocycles. The number of fused-ring (bicyclic) bond motifs is 1. The van der Waals surface area contributed by atoms with E-state index >= 15 is 0 Å². The molecule has 2 aromatic carbocycles. The lowest BCUT2D eigenvalue weighted by Gasteiger charge is -2.13. The van der Waals surface area contributed by atoms with Crippen LogP contribution in [0.3, 0.4) is 0 Å². The van der Waals surface area contributed by atoms with Gasteiger partial charge in [0.2, 0.25) is 5.69 Å². The average molecular weight is 382 g/mol. The molecule has 0 spiro atoms. The maximum Gasteiger partial charge on any atom is 0.220 e. The summed E-state index contributed by atoms with van der Waals surface area (Å²) in [7, 11) is 2.13. The largest absolute Gasteiger partial charge is 0.256 e. The van der Waals surface area contributed by atoms with Crippen molar-refractivity contribution in [1.29, 1.82) is 0 Å². The van der Waals surface area contributed by atoms with Crippen LogP contribution in [0.15, 0.2) is 60.9 Å². The first-order valence-electron chi connectivity index (χ1n) is 10.3. The molecule has 0 saturated carbocycles. The van der Waals surface area contributed by atoms with E-state index in [0.29, 0.717) is 5.92 Å². The van der Waals surface area contributed by atoms with E-state index in [9.17, 15) is 0 Å². The van der Waals surface area contributed by atoms with E-state index < -0.39 is 0 Å². The van der Waals surface area contributed by atoms with Gasteiger partial charge in [0.25, 0.3) is 0 Å². The van der Waals surface area contributed by atoms with Crippen molar-refractivity contribution in [2.24, 2.45) is 7.05 Å². The average Bonchev–Trinajstić information content (AvgIpc) is 2.70. The topological polar surface area (TPSA) is 16.8 Å². The number of nitrogens with zero attached hydrogens (tertiary/aromatic N) is 2. The quantitative estimate of drug-likeness (QED) is 0.373. The van der Waals surface area contributed by atoms with E-state index in [2.05, 4.69) is 101 Å². The molecule has 146 valence electrons. The second-order valence-corrected chi connectivity index (χ2v) is 8.43. The van der Waals surface area contributed by atoms with Crippen molar-refractivity contribution < 1.29 is 4.57 Å². The smallest absolute Gasteiger partial charge is 0.220 e. The van der Waals surface area contributed by atoms with E-state index in [1.165, 1.54) is 49.8 Å². The van der Waals surface area contributed by atoms with Crippen molar-refractivity contribution in [1.82, 2.24) is 4.98 Å². The van der Waals surface area contributed by atoms with Crippen LogP contribution in [0.4, 0.5) is 0 Å². The van der Waals surface area contributed by atoms with Crippen molar-refractivity contribution in [3.63, 3.8) is 0 Å². The van der Waals surface area contributed by atoms with Gasteiger partial charge in [0.15, 0.2) is 6.20 Å². The summed E-state index contributed by atoms with van der Waals surface area (Å²) in [6.07, 6.45) is 4.18. The van der Waals surface area contributed by atoms with Crippen LogP contribution in [0.1, 0.15) is 42.0 Å². The SMILES string of the molecule is Cc1cc(C)c(C)c(-c2c3cccc(-c4ccc(C(C)C)cn4)c3cc[n+]2C)c1. The third-order valence-electron chi connectivity index (χ3n) is 5.97. The highest BCUT2D eigenvalue weighted by Crippen LogP contribution is 2.34. The molecule has 29 heavy (non-hydrogen) atoms. The molecule has 0 aliphatic rings. The molecule has 4 rings (SSSR count). The number of pyridine rings is 2. The van der Waals surface area contributed by atoms with Gasteiger partial charge in [-0.25, -0.2) is 4.57 Å². The normalized spacial score (nSPS) is 11.4. The van der Waals surface area contributed by atoms with Gasteiger partial charge in [0.1, 0.15) is 7.05 Å². The molecule has 0 aliphatic heterocycles. The molecule has 2 heterocycles. The minimum absolute atomic E-state index is 0.488. The van der Waals surface area contributed by atoms with Crippen molar-refractivity contribution >= 4 is 10.8 Å². The molecule has 0 radical (unpaired) electrons. The highest BCUT2D eigenvalue weighted by Gasteiger charge is 2.20. The lowest BCUT2D eigenvalue weighted by atomic mass is 9.93. The first-order chi connectivity index (χ1) is 13.9. The summed E-state index contributed by atoms with van der Waals surface area (Å²) >= 11 is 0. The minimum atomic E-state index is 0.488. The third kappa shape index (κ3) is 3.44. The summed E-state index contributed by atoms with van der Waals surface area (Å²) < 4.78 is 2.24. The number of hydrogen-bond donors (Lipinski definition) is 0. The number of benzene rings is 2. The van der Waals surface area contributed by atoms with Crippen LogP contribution < -0.4 is 4.57 Å². The summed E-state index contributed by atoms with van der Waals surface area (Å²) in [6, 6.07) is 17.7. The van der Waals surface area contributed by atoms with Crippen LogP contribution in [0.5, 0.6) is 0 Å². The molecule has 0 atom stereocenters. The Kier molecular flexibility index (Phi) is 4.96. The maximum absolute atomic E-state index is 4.78.